The fourth-order valence-electron chi connectivity index (χ4n) is 6.70. The molecule has 0 spiro atoms. The first-order valence-corrected chi connectivity index (χ1v) is 16.9. The van der Waals surface area contributed by atoms with E-state index < -0.39 is 0 Å². The van der Waals surface area contributed by atoms with Gasteiger partial charge < -0.3 is 14.0 Å². The summed E-state index contributed by atoms with van der Waals surface area (Å²) in [5.74, 6) is 0.778. The molecule has 0 aliphatic rings. The fraction of sp³-hybridized carbons (Fsp3) is 0.0217. The zero-order chi connectivity index (χ0) is 34.1. The SMILES string of the molecule is Cc1nc(-c2ccccc2)cc2c1nc(-c1[c-]ccc3c1oc1c4ccccc4ccc31)n2-c1ccccc1.[Ir].[c-]1ccccc1-c1ccccn1. The number of aromatic nitrogens is 4. The maximum Gasteiger partial charge on any atom is 0.128 e. The molecule has 52 heavy (non-hydrogen) atoms. The van der Waals surface area contributed by atoms with Crippen molar-refractivity contribution in [3.8, 4) is 39.6 Å². The van der Waals surface area contributed by atoms with Crippen molar-refractivity contribution in [1.29, 1.82) is 0 Å². The van der Waals surface area contributed by atoms with E-state index in [2.05, 4.69) is 107 Å². The summed E-state index contributed by atoms with van der Waals surface area (Å²) in [4.78, 5) is 14.3. The second kappa shape index (κ2) is 14.2. The van der Waals surface area contributed by atoms with Gasteiger partial charge in [-0.1, -0.05) is 108 Å². The van der Waals surface area contributed by atoms with Crippen molar-refractivity contribution in [2.45, 2.75) is 6.92 Å². The van der Waals surface area contributed by atoms with Crippen molar-refractivity contribution in [2.75, 3.05) is 0 Å². The second-order valence-corrected chi connectivity index (χ2v) is 12.3. The Morgan fingerprint density at radius 3 is 2.13 bits per heavy atom. The van der Waals surface area contributed by atoms with Crippen LogP contribution in [0.15, 0.2) is 168 Å². The maximum absolute atomic E-state index is 6.66. The van der Waals surface area contributed by atoms with Crippen molar-refractivity contribution in [3.05, 3.63) is 182 Å². The van der Waals surface area contributed by atoms with Gasteiger partial charge in [0.15, 0.2) is 0 Å². The molecule has 0 atom stereocenters. The van der Waals surface area contributed by atoms with Crippen LogP contribution in [0.3, 0.4) is 0 Å². The molecule has 6 heteroatoms. The van der Waals surface area contributed by atoms with Crippen molar-refractivity contribution in [2.24, 2.45) is 0 Å². The minimum Gasteiger partial charge on any atom is -0.500 e. The van der Waals surface area contributed by atoms with Gasteiger partial charge in [0, 0.05) is 48.3 Å². The van der Waals surface area contributed by atoms with Crippen LogP contribution in [0.1, 0.15) is 5.69 Å². The predicted octanol–water partition coefficient (Wildman–Crippen LogP) is 11.5. The van der Waals surface area contributed by atoms with Gasteiger partial charge in [0.05, 0.1) is 33.8 Å². The first kappa shape index (κ1) is 33.0. The number of fused-ring (bicyclic) bond motifs is 6. The number of para-hydroxylation sites is 1. The van der Waals surface area contributed by atoms with Crippen LogP contribution in [0, 0.1) is 19.1 Å². The molecule has 4 aromatic heterocycles. The van der Waals surface area contributed by atoms with Crippen molar-refractivity contribution < 1.29 is 24.5 Å². The van der Waals surface area contributed by atoms with Crippen LogP contribution in [0.25, 0.3) is 83.3 Å². The van der Waals surface area contributed by atoms with Gasteiger partial charge in [-0.3, -0.25) is 9.97 Å². The molecule has 10 aromatic rings. The van der Waals surface area contributed by atoms with Gasteiger partial charge in [0.2, 0.25) is 0 Å². The van der Waals surface area contributed by atoms with Crippen LogP contribution in [-0.4, -0.2) is 19.5 Å². The molecule has 0 unspecified atom stereocenters. The number of benzene rings is 6. The van der Waals surface area contributed by atoms with Gasteiger partial charge in [-0.2, -0.15) is 0 Å². The molecule has 0 aliphatic carbocycles. The number of nitrogens with zero attached hydrogens (tertiary/aromatic N) is 4. The quantitative estimate of drug-likeness (QED) is 0.166. The molecule has 4 heterocycles. The zero-order valence-electron chi connectivity index (χ0n) is 28.1. The van der Waals surface area contributed by atoms with Crippen molar-refractivity contribution >= 4 is 43.7 Å². The molecule has 0 saturated heterocycles. The van der Waals surface area contributed by atoms with Gasteiger partial charge in [-0.05, 0) is 42.3 Å². The molecule has 0 saturated carbocycles. The number of hydrogen-bond acceptors (Lipinski definition) is 4. The van der Waals surface area contributed by atoms with Crippen LogP contribution in [0.4, 0.5) is 0 Å². The van der Waals surface area contributed by atoms with E-state index in [0.717, 1.165) is 89.0 Å². The van der Waals surface area contributed by atoms with E-state index in [1.165, 1.54) is 0 Å². The molecule has 0 amide bonds. The molecule has 1 radical (unpaired) electrons. The first-order chi connectivity index (χ1) is 25.2. The largest absolute Gasteiger partial charge is 0.500 e. The van der Waals surface area contributed by atoms with Crippen LogP contribution >= 0.6 is 0 Å². The summed E-state index contributed by atoms with van der Waals surface area (Å²) < 4.78 is 8.86. The molecule has 0 fully saturated rings. The number of rotatable bonds is 4. The van der Waals surface area contributed by atoms with Crippen LogP contribution in [0.5, 0.6) is 0 Å². The standard InChI is InChI=1S/C35H22N3O.C11H8N.Ir/c1-22-32-31(21-30(36-22)24-12-4-2-5-13-24)38(25-14-6-3-7-15-25)35(37-32)29-18-10-17-27-28-20-19-23-11-8-9-16-26(23)33(28)39-34(27)29;1-2-6-10(7-3-1)11-8-4-5-9-12-11;/h2-17,19-21H,1H3;1-6,8-9H;/q2*-1;. The summed E-state index contributed by atoms with van der Waals surface area (Å²) in [6, 6.07) is 59.7. The Kier molecular flexibility index (Phi) is 9.00. The minimum absolute atomic E-state index is 0. The zero-order valence-corrected chi connectivity index (χ0v) is 30.5. The van der Waals surface area contributed by atoms with Crippen molar-refractivity contribution in [3.63, 3.8) is 0 Å². The third kappa shape index (κ3) is 5.98. The van der Waals surface area contributed by atoms with Gasteiger partial charge >= 0.3 is 0 Å². The number of pyridine rings is 2. The predicted molar refractivity (Wildman–Crippen MR) is 207 cm³/mol. The number of hydrogen-bond donors (Lipinski definition) is 0. The van der Waals surface area contributed by atoms with Gasteiger partial charge in [0.25, 0.3) is 0 Å². The van der Waals surface area contributed by atoms with Crippen LogP contribution in [0.2, 0.25) is 0 Å². The average molecular weight is 847 g/mol. The molecule has 0 aliphatic heterocycles. The molecular formula is C46H30IrN4O-2. The molecule has 0 N–H and O–H groups in total. The van der Waals surface area contributed by atoms with Crippen LogP contribution in [-0.2, 0) is 20.1 Å². The summed E-state index contributed by atoms with van der Waals surface area (Å²) in [6.45, 7) is 2.03. The molecule has 5 nitrogen and oxygen atoms in total. The Labute approximate surface area is 314 Å². The van der Waals surface area contributed by atoms with Gasteiger partial charge in [-0.25, -0.2) is 0 Å². The molecule has 10 rings (SSSR count). The third-order valence-corrected chi connectivity index (χ3v) is 9.10. The normalized spacial score (nSPS) is 11.0. The number of imidazole rings is 1. The fourth-order valence-corrected chi connectivity index (χ4v) is 6.70. The smallest absolute Gasteiger partial charge is 0.128 e. The molecule has 0 bridgehead atoms. The Balaban J connectivity index is 0.000000253. The van der Waals surface area contributed by atoms with Crippen LogP contribution < -0.4 is 0 Å². The maximum atomic E-state index is 6.66. The Hall–Kier alpha value is -6.20. The van der Waals surface area contributed by atoms with Gasteiger partial charge in [0.1, 0.15) is 5.58 Å². The summed E-state index contributed by atoms with van der Waals surface area (Å²) in [5, 5.41) is 4.39. The van der Waals surface area contributed by atoms with E-state index in [-0.39, 0.29) is 20.1 Å². The number of aryl methyl sites for hydroxylation is 1. The van der Waals surface area contributed by atoms with Crippen molar-refractivity contribution in [1.82, 2.24) is 19.5 Å². The number of furan rings is 1. The molecule has 251 valence electrons. The summed E-state index contributed by atoms with van der Waals surface area (Å²) in [7, 11) is 0. The Morgan fingerprint density at radius 1 is 0.596 bits per heavy atom. The van der Waals surface area contributed by atoms with E-state index >= 15 is 0 Å². The van der Waals surface area contributed by atoms with E-state index in [9.17, 15) is 0 Å². The Bertz CT molecular complexity index is 2760. The summed E-state index contributed by atoms with van der Waals surface area (Å²) >= 11 is 0. The minimum atomic E-state index is 0. The second-order valence-electron chi connectivity index (χ2n) is 12.3. The Morgan fingerprint density at radius 2 is 1.35 bits per heavy atom. The third-order valence-electron chi connectivity index (χ3n) is 9.10. The van der Waals surface area contributed by atoms with E-state index in [1.54, 1.807) is 6.20 Å². The molecular weight excluding hydrogens is 817 g/mol. The van der Waals surface area contributed by atoms with E-state index in [1.807, 2.05) is 79.7 Å². The average Bonchev–Trinajstić information content (AvgIpc) is 3.79. The van der Waals surface area contributed by atoms with Gasteiger partial charge in [-0.15, -0.1) is 54.1 Å². The summed E-state index contributed by atoms with van der Waals surface area (Å²) in [6.07, 6.45) is 1.79. The topological polar surface area (TPSA) is 56.7 Å². The summed E-state index contributed by atoms with van der Waals surface area (Å²) in [5.41, 5.74) is 10.3. The monoisotopic (exact) mass is 847 g/mol. The molecule has 6 aromatic carbocycles. The van der Waals surface area contributed by atoms with E-state index in [0.29, 0.717) is 0 Å². The van der Waals surface area contributed by atoms with E-state index in [4.69, 9.17) is 14.4 Å². The first-order valence-electron chi connectivity index (χ1n) is 16.9.